The highest BCUT2D eigenvalue weighted by molar-refractivity contribution is 5.82. The van der Waals surface area contributed by atoms with E-state index < -0.39 is 0 Å². The van der Waals surface area contributed by atoms with Crippen molar-refractivity contribution in [1.29, 1.82) is 0 Å². The van der Waals surface area contributed by atoms with Crippen LogP contribution in [0.4, 0.5) is 0 Å². The van der Waals surface area contributed by atoms with E-state index in [-0.39, 0.29) is 24.5 Å². The van der Waals surface area contributed by atoms with Crippen molar-refractivity contribution < 1.29 is 18.8 Å². The van der Waals surface area contributed by atoms with E-state index in [0.717, 1.165) is 18.6 Å². The standard InChI is InChI=1S/C18H21N3O4/c1-12-4-6-14(7-5-12)24-11-16-19-17(20-25-16)13-9-21(10-13)18(22)15-3-2-8-23-15/h4-7,13,15H,2-3,8-11H2,1H3. The summed E-state index contributed by atoms with van der Waals surface area (Å²) in [4.78, 5) is 18.4. The molecule has 1 amide bonds. The number of aryl methyl sites for hydroxylation is 1. The Bertz CT molecular complexity index is 731. The monoisotopic (exact) mass is 343 g/mol. The second kappa shape index (κ2) is 6.84. The van der Waals surface area contributed by atoms with Crippen molar-refractivity contribution in [1.82, 2.24) is 15.0 Å². The number of carbonyl (C=O) groups is 1. The van der Waals surface area contributed by atoms with E-state index in [4.69, 9.17) is 14.0 Å². The lowest BCUT2D eigenvalue weighted by Crippen LogP contribution is -2.52. The van der Waals surface area contributed by atoms with Crippen LogP contribution in [0, 0.1) is 6.92 Å². The van der Waals surface area contributed by atoms with Gasteiger partial charge < -0.3 is 18.9 Å². The number of hydrogen-bond donors (Lipinski definition) is 0. The first-order chi connectivity index (χ1) is 12.2. The van der Waals surface area contributed by atoms with Crippen LogP contribution in [0.25, 0.3) is 0 Å². The van der Waals surface area contributed by atoms with Crippen LogP contribution in [-0.2, 0) is 16.1 Å². The Labute approximate surface area is 145 Å². The molecule has 7 heteroatoms. The first-order valence-electron chi connectivity index (χ1n) is 8.61. The number of nitrogens with zero attached hydrogens (tertiary/aromatic N) is 3. The lowest BCUT2D eigenvalue weighted by molar-refractivity contribution is -0.145. The van der Waals surface area contributed by atoms with Crippen molar-refractivity contribution in [3.63, 3.8) is 0 Å². The van der Waals surface area contributed by atoms with Crippen molar-refractivity contribution in [3.05, 3.63) is 41.5 Å². The average Bonchev–Trinajstić information content (AvgIpc) is 3.25. The van der Waals surface area contributed by atoms with Gasteiger partial charge >= 0.3 is 0 Å². The van der Waals surface area contributed by atoms with E-state index in [9.17, 15) is 4.79 Å². The Morgan fingerprint density at radius 3 is 2.84 bits per heavy atom. The number of hydrogen-bond acceptors (Lipinski definition) is 6. The second-order valence-electron chi connectivity index (χ2n) is 6.59. The third-order valence-corrected chi connectivity index (χ3v) is 4.63. The van der Waals surface area contributed by atoms with Crippen molar-refractivity contribution in [2.24, 2.45) is 0 Å². The van der Waals surface area contributed by atoms with E-state index in [1.54, 1.807) is 4.90 Å². The minimum absolute atomic E-state index is 0.0835. The third-order valence-electron chi connectivity index (χ3n) is 4.63. The molecule has 0 radical (unpaired) electrons. The van der Waals surface area contributed by atoms with Crippen molar-refractivity contribution >= 4 is 5.91 Å². The van der Waals surface area contributed by atoms with Gasteiger partial charge in [-0.3, -0.25) is 4.79 Å². The second-order valence-corrected chi connectivity index (χ2v) is 6.59. The summed E-state index contributed by atoms with van der Waals surface area (Å²) in [5.41, 5.74) is 1.18. The molecule has 7 nitrogen and oxygen atoms in total. The van der Waals surface area contributed by atoms with Crippen LogP contribution in [-0.4, -0.2) is 46.7 Å². The van der Waals surface area contributed by atoms with Gasteiger partial charge in [0, 0.05) is 19.7 Å². The fourth-order valence-electron chi connectivity index (χ4n) is 3.07. The highest BCUT2D eigenvalue weighted by atomic mass is 16.5. The van der Waals surface area contributed by atoms with Gasteiger partial charge in [0.25, 0.3) is 11.8 Å². The highest BCUT2D eigenvalue weighted by Crippen LogP contribution is 2.27. The number of amides is 1. The van der Waals surface area contributed by atoms with Crippen LogP contribution in [0.1, 0.15) is 36.0 Å². The first-order valence-corrected chi connectivity index (χ1v) is 8.61. The van der Waals surface area contributed by atoms with Crippen molar-refractivity contribution in [2.45, 2.75) is 38.4 Å². The molecule has 3 heterocycles. The topological polar surface area (TPSA) is 77.7 Å². The third kappa shape index (κ3) is 3.51. The van der Waals surface area contributed by atoms with Crippen LogP contribution in [0.5, 0.6) is 5.75 Å². The lowest BCUT2D eigenvalue weighted by atomic mass is 9.98. The molecule has 2 aliphatic rings. The largest absolute Gasteiger partial charge is 0.484 e. The average molecular weight is 343 g/mol. The predicted molar refractivity (Wildman–Crippen MR) is 88.1 cm³/mol. The van der Waals surface area contributed by atoms with Gasteiger partial charge in [0.2, 0.25) is 0 Å². The molecule has 2 saturated heterocycles. The van der Waals surface area contributed by atoms with Crippen LogP contribution in [0.2, 0.25) is 0 Å². The number of carbonyl (C=O) groups excluding carboxylic acids is 1. The van der Waals surface area contributed by atoms with Crippen LogP contribution in [0.3, 0.4) is 0 Å². The Balaban J connectivity index is 1.27. The molecule has 1 aromatic heterocycles. The molecule has 1 unspecified atom stereocenters. The maximum atomic E-state index is 12.2. The molecule has 0 N–H and O–H groups in total. The summed E-state index contributed by atoms with van der Waals surface area (Å²) >= 11 is 0. The van der Waals surface area contributed by atoms with E-state index in [0.29, 0.717) is 31.4 Å². The Morgan fingerprint density at radius 1 is 1.32 bits per heavy atom. The molecule has 25 heavy (non-hydrogen) atoms. The maximum Gasteiger partial charge on any atom is 0.264 e. The van der Waals surface area contributed by atoms with Crippen molar-refractivity contribution in [3.8, 4) is 5.75 Å². The fraction of sp³-hybridized carbons (Fsp3) is 0.500. The van der Waals surface area contributed by atoms with Gasteiger partial charge in [-0.2, -0.15) is 4.98 Å². The van der Waals surface area contributed by atoms with E-state index >= 15 is 0 Å². The predicted octanol–water partition coefficient (Wildman–Crippen LogP) is 2.06. The summed E-state index contributed by atoms with van der Waals surface area (Å²) < 4.78 is 16.3. The first kappa shape index (κ1) is 16.1. The Morgan fingerprint density at radius 2 is 2.12 bits per heavy atom. The number of rotatable bonds is 5. The van der Waals surface area contributed by atoms with Crippen LogP contribution < -0.4 is 4.74 Å². The van der Waals surface area contributed by atoms with Gasteiger partial charge in [0.05, 0.1) is 5.92 Å². The molecule has 2 fully saturated rings. The summed E-state index contributed by atoms with van der Waals surface area (Å²) in [6.07, 6.45) is 1.52. The molecular formula is C18H21N3O4. The van der Waals surface area contributed by atoms with Crippen LogP contribution >= 0.6 is 0 Å². The molecule has 132 valence electrons. The number of ether oxygens (including phenoxy) is 2. The zero-order chi connectivity index (χ0) is 17.2. The van der Waals surface area contributed by atoms with Crippen molar-refractivity contribution in [2.75, 3.05) is 19.7 Å². The highest BCUT2D eigenvalue weighted by Gasteiger charge is 2.38. The maximum absolute atomic E-state index is 12.2. The van der Waals surface area contributed by atoms with Crippen LogP contribution in [0.15, 0.2) is 28.8 Å². The normalized spacial score (nSPS) is 20.5. The SMILES string of the molecule is Cc1ccc(OCc2nc(C3CN(C(=O)C4CCCO4)C3)no2)cc1. The van der Waals surface area contributed by atoms with Gasteiger partial charge in [0.1, 0.15) is 11.9 Å². The summed E-state index contributed by atoms with van der Waals surface area (Å²) in [5.74, 6) is 2.06. The van der Waals surface area contributed by atoms with Gasteiger partial charge in [0.15, 0.2) is 12.4 Å². The quantitative estimate of drug-likeness (QED) is 0.827. The molecule has 0 saturated carbocycles. The zero-order valence-corrected chi connectivity index (χ0v) is 14.2. The molecular weight excluding hydrogens is 322 g/mol. The summed E-state index contributed by atoms with van der Waals surface area (Å²) in [5, 5.41) is 4.02. The fourth-order valence-corrected chi connectivity index (χ4v) is 3.07. The molecule has 0 spiro atoms. The van der Waals surface area contributed by atoms with E-state index in [1.165, 1.54) is 5.56 Å². The Kier molecular flexibility index (Phi) is 4.40. The molecule has 0 aliphatic carbocycles. The molecule has 4 rings (SSSR count). The molecule has 1 aromatic carbocycles. The van der Waals surface area contributed by atoms with Gasteiger partial charge in [-0.1, -0.05) is 22.9 Å². The molecule has 1 atom stereocenters. The lowest BCUT2D eigenvalue weighted by Gasteiger charge is -2.38. The smallest absolute Gasteiger partial charge is 0.264 e. The summed E-state index contributed by atoms with van der Waals surface area (Å²) in [7, 11) is 0. The summed E-state index contributed by atoms with van der Waals surface area (Å²) in [6, 6.07) is 7.80. The number of likely N-dealkylation sites (tertiary alicyclic amines) is 1. The molecule has 2 aliphatic heterocycles. The number of aromatic nitrogens is 2. The summed E-state index contributed by atoms with van der Waals surface area (Å²) in [6.45, 7) is 4.19. The molecule has 0 bridgehead atoms. The van der Waals surface area contributed by atoms with Gasteiger partial charge in [-0.05, 0) is 31.9 Å². The molecule has 2 aromatic rings. The van der Waals surface area contributed by atoms with Gasteiger partial charge in [-0.15, -0.1) is 0 Å². The van der Waals surface area contributed by atoms with Gasteiger partial charge in [-0.25, -0.2) is 0 Å². The van der Waals surface area contributed by atoms with E-state index in [1.807, 2.05) is 31.2 Å². The number of benzene rings is 1. The minimum Gasteiger partial charge on any atom is -0.484 e. The zero-order valence-electron chi connectivity index (χ0n) is 14.2. The van der Waals surface area contributed by atoms with E-state index in [2.05, 4.69) is 10.1 Å². The Hall–Kier alpha value is -2.41. The minimum atomic E-state index is -0.260.